The topological polar surface area (TPSA) is 17.1 Å². The van der Waals surface area contributed by atoms with Crippen LogP contribution >= 0.6 is 11.1 Å². The van der Waals surface area contributed by atoms with Crippen molar-refractivity contribution >= 4 is 24.5 Å². The molecule has 0 heterocycles. The first-order chi connectivity index (χ1) is 4.64. The number of rotatable bonds is 1. The number of alkyl halides is 2. The van der Waals surface area contributed by atoms with Crippen LogP contribution in [0.15, 0.2) is 0 Å². The van der Waals surface area contributed by atoms with Crippen molar-refractivity contribution in [3.8, 4) is 0 Å². The number of halogens is 4. The molecule has 0 fully saturated rings. The van der Waals surface area contributed by atoms with E-state index in [-0.39, 0.29) is 0 Å². The van der Waals surface area contributed by atoms with E-state index < -0.39 is 19.8 Å². The molecule has 0 aliphatic carbocycles. The normalized spacial score (nSPS) is 10.5. The van der Waals surface area contributed by atoms with Crippen LogP contribution in [0.5, 0.6) is 0 Å². The molecule has 0 bridgehead atoms. The summed E-state index contributed by atoms with van der Waals surface area (Å²) < 4.78 is 31.3. The lowest BCUT2D eigenvalue weighted by molar-refractivity contribution is -0.140. The molecule has 0 aromatic carbocycles. The first-order valence-electron chi connectivity index (χ1n) is 2.81. The van der Waals surface area contributed by atoms with Gasteiger partial charge in [0.05, 0.1) is 0 Å². The molecular formula is C5H10ClF3OSi. The molecule has 11 heavy (non-hydrogen) atoms. The van der Waals surface area contributed by atoms with Crippen molar-refractivity contribution in [2.45, 2.75) is 26.1 Å². The Morgan fingerprint density at radius 3 is 1.45 bits per heavy atom. The minimum Gasteiger partial charge on any atom is -0.254 e. The Hall–Kier alpha value is -0.0331. The van der Waals surface area contributed by atoms with E-state index in [9.17, 15) is 13.2 Å². The number of hydrogen-bond acceptors (Lipinski definition) is 1. The van der Waals surface area contributed by atoms with Crippen LogP contribution in [0.1, 0.15) is 0 Å². The number of carbonyl (C=O) groups is 1. The zero-order valence-corrected chi connectivity index (χ0v) is 8.25. The largest absolute Gasteiger partial charge is 0.367 e. The minimum atomic E-state index is -3.45. The van der Waals surface area contributed by atoms with E-state index >= 15 is 0 Å². The predicted octanol–water partition coefficient (Wildman–Crippen LogP) is 2.81. The Morgan fingerprint density at radius 1 is 1.36 bits per heavy atom. The van der Waals surface area contributed by atoms with Gasteiger partial charge in [-0.2, -0.15) is 24.3 Å². The second kappa shape index (κ2) is 5.60. The maximum atomic E-state index is 10.4. The van der Waals surface area contributed by atoms with Crippen molar-refractivity contribution in [1.82, 2.24) is 0 Å². The Morgan fingerprint density at radius 2 is 1.45 bits per heavy atom. The molecule has 68 valence electrons. The summed E-state index contributed by atoms with van der Waals surface area (Å²) in [7, 11) is -1.14. The van der Waals surface area contributed by atoms with Crippen molar-refractivity contribution in [2.24, 2.45) is 0 Å². The molecule has 0 aromatic rings. The van der Waals surface area contributed by atoms with E-state index in [1.165, 1.54) is 0 Å². The Bertz CT molecular complexity index is 117. The monoisotopic (exact) mass is 206 g/mol. The molecule has 0 aliphatic heterocycles. The predicted molar refractivity (Wildman–Crippen MR) is 41.3 cm³/mol. The van der Waals surface area contributed by atoms with Crippen molar-refractivity contribution in [2.75, 3.05) is 0 Å². The maximum absolute atomic E-state index is 10.4. The summed E-state index contributed by atoms with van der Waals surface area (Å²) in [4.78, 5) is 8.73. The zero-order chi connectivity index (χ0) is 9.65. The fraction of sp³-hybridized carbons (Fsp3) is 0.800. The van der Waals surface area contributed by atoms with E-state index in [0.29, 0.717) is 0 Å². The van der Waals surface area contributed by atoms with Gasteiger partial charge in [-0.25, -0.2) is 0 Å². The molecule has 0 saturated carbocycles. The van der Waals surface area contributed by atoms with Crippen molar-refractivity contribution in [3.05, 3.63) is 0 Å². The summed E-state index contributed by atoms with van der Waals surface area (Å²) in [5, 5.41) is 0. The zero-order valence-electron chi connectivity index (χ0n) is 6.50. The van der Waals surface area contributed by atoms with Crippen LogP contribution in [-0.4, -0.2) is 19.8 Å². The van der Waals surface area contributed by atoms with Gasteiger partial charge in [-0.05, 0) is 0 Å². The molecule has 0 N–H and O–H groups in total. The van der Waals surface area contributed by atoms with Gasteiger partial charge in [0.2, 0.25) is 0 Å². The molecule has 0 radical (unpaired) electrons. The standard InChI is InChI=1S/C3H9ClSi.C2HF3O/c1-5(2,3)4;3-1(4)2(5)6/h1-3H3;1H. The smallest absolute Gasteiger partial charge is 0.254 e. The van der Waals surface area contributed by atoms with E-state index in [1.807, 2.05) is 0 Å². The van der Waals surface area contributed by atoms with E-state index in [2.05, 4.69) is 19.6 Å². The van der Waals surface area contributed by atoms with E-state index in [4.69, 9.17) is 15.9 Å². The molecule has 0 spiro atoms. The average molecular weight is 207 g/mol. The quantitative estimate of drug-likeness (QED) is 0.366. The molecule has 0 atom stereocenters. The van der Waals surface area contributed by atoms with Crippen LogP contribution in [-0.2, 0) is 4.79 Å². The lowest BCUT2D eigenvalue weighted by Crippen LogP contribution is -2.06. The SMILES string of the molecule is C[Si](C)(C)Cl.O=C(F)C(F)F. The Balaban J connectivity index is 0. The lowest BCUT2D eigenvalue weighted by atomic mass is 10.8. The molecule has 6 heteroatoms. The number of carbonyl (C=O) groups excluding carboxylic acids is 1. The van der Waals surface area contributed by atoms with Crippen LogP contribution in [0.25, 0.3) is 0 Å². The van der Waals surface area contributed by atoms with Gasteiger partial charge in [0.1, 0.15) is 7.38 Å². The van der Waals surface area contributed by atoms with Crippen LogP contribution in [0.4, 0.5) is 13.2 Å². The fourth-order valence-electron chi connectivity index (χ4n) is 0. The third-order valence-electron chi connectivity index (χ3n) is 0.172. The van der Waals surface area contributed by atoms with Crippen molar-refractivity contribution < 1.29 is 18.0 Å². The van der Waals surface area contributed by atoms with Gasteiger partial charge in [0.25, 0.3) is 0 Å². The second-order valence-electron chi connectivity index (χ2n) is 2.67. The summed E-state index contributed by atoms with van der Waals surface area (Å²) >= 11 is 5.67. The van der Waals surface area contributed by atoms with Crippen LogP contribution in [0.2, 0.25) is 19.6 Å². The van der Waals surface area contributed by atoms with E-state index in [1.54, 1.807) is 0 Å². The van der Waals surface area contributed by atoms with Gasteiger partial charge in [-0.3, -0.25) is 4.79 Å². The van der Waals surface area contributed by atoms with Gasteiger partial charge in [0.15, 0.2) is 0 Å². The van der Waals surface area contributed by atoms with Gasteiger partial charge in [0, 0.05) is 0 Å². The maximum Gasteiger partial charge on any atom is 0.367 e. The summed E-state index contributed by atoms with van der Waals surface area (Å²) in [6.45, 7) is 6.28. The molecule has 0 unspecified atom stereocenters. The highest BCUT2D eigenvalue weighted by Crippen LogP contribution is 2.03. The summed E-state index contributed by atoms with van der Waals surface area (Å²) in [5.74, 6) is 0. The minimum absolute atomic E-state index is 1.14. The molecule has 0 rings (SSSR count). The van der Waals surface area contributed by atoms with Gasteiger partial charge in [-0.15, -0.1) is 0 Å². The van der Waals surface area contributed by atoms with Crippen molar-refractivity contribution in [1.29, 1.82) is 0 Å². The Labute approximate surface area is 69.3 Å². The van der Waals surface area contributed by atoms with E-state index in [0.717, 1.165) is 0 Å². The van der Waals surface area contributed by atoms with Crippen LogP contribution in [0, 0.1) is 0 Å². The highest BCUT2D eigenvalue weighted by atomic mass is 35.6. The highest BCUT2D eigenvalue weighted by Gasteiger charge is 2.11. The molecule has 0 amide bonds. The van der Waals surface area contributed by atoms with Gasteiger partial charge < -0.3 is 0 Å². The third kappa shape index (κ3) is 40.2. The van der Waals surface area contributed by atoms with Gasteiger partial charge in [-0.1, -0.05) is 19.6 Å². The average Bonchev–Trinajstić information content (AvgIpc) is 1.59. The highest BCUT2D eigenvalue weighted by molar-refractivity contribution is 7.18. The first kappa shape index (κ1) is 13.5. The molecule has 0 saturated heterocycles. The lowest BCUT2D eigenvalue weighted by Gasteiger charge is -1.97. The molecule has 0 aromatic heterocycles. The third-order valence-corrected chi connectivity index (χ3v) is 0.172. The van der Waals surface area contributed by atoms with Crippen LogP contribution in [0.3, 0.4) is 0 Å². The second-order valence-corrected chi connectivity index (χ2v) is 10.2. The first-order valence-corrected chi connectivity index (χ1v) is 7.32. The molecule has 0 aliphatic rings. The van der Waals surface area contributed by atoms with Crippen molar-refractivity contribution in [3.63, 3.8) is 0 Å². The van der Waals surface area contributed by atoms with Crippen LogP contribution < -0.4 is 0 Å². The molecular weight excluding hydrogens is 197 g/mol. The summed E-state index contributed by atoms with van der Waals surface area (Å²) in [5.41, 5.74) is 0. The molecule has 1 nitrogen and oxygen atoms in total. The fourth-order valence-corrected chi connectivity index (χ4v) is 0. The summed E-state index contributed by atoms with van der Waals surface area (Å²) in [6, 6.07) is -2.57. The summed E-state index contributed by atoms with van der Waals surface area (Å²) in [6.07, 6.45) is -3.45. The van der Waals surface area contributed by atoms with Gasteiger partial charge >= 0.3 is 12.5 Å². The Kier molecular flexibility index (Phi) is 6.89. The number of hydrogen-bond donors (Lipinski definition) is 0.